The quantitative estimate of drug-likeness (QED) is 0.633. The van der Waals surface area contributed by atoms with Crippen LogP contribution >= 0.6 is 11.6 Å². The third-order valence-corrected chi connectivity index (χ3v) is 3.96. The molecule has 1 amide bonds. The van der Waals surface area contributed by atoms with Gasteiger partial charge in [0.2, 0.25) is 5.91 Å². The van der Waals surface area contributed by atoms with Crippen molar-refractivity contribution in [3.8, 4) is 5.75 Å². The molecule has 0 aliphatic heterocycles. The highest BCUT2D eigenvalue weighted by Crippen LogP contribution is 2.26. The Hall–Kier alpha value is -2.04. The molecule has 0 aliphatic carbocycles. The maximum atomic E-state index is 11.2. The molecular formula is C18H20ClNO3. The summed E-state index contributed by atoms with van der Waals surface area (Å²) in [4.78, 5) is 11.2. The van der Waals surface area contributed by atoms with E-state index in [9.17, 15) is 10.0 Å². The predicted octanol–water partition coefficient (Wildman–Crippen LogP) is 4.78. The van der Waals surface area contributed by atoms with Crippen LogP contribution in [0.25, 0.3) is 0 Å². The van der Waals surface area contributed by atoms with E-state index in [2.05, 4.69) is 0 Å². The van der Waals surface area contributed by atoms with Crippen molar-refractivity contribution in [2.24, 2.45) is 0 Å². The van der Waals surface area contributed by atoms with Gasteiger partial charge in [-0.05, 0) is 49.2 Å². The lowest BCUT2D eigenvalue weighted by Crippen LogP contribution is -2.27. The summed E-state index contributed by atoms with van der Waals surface area (Å²) >= 11 is 5.88. The van der Waals surface area contributed by atoms with Crippen LogP contribution in [0, 0.1) is 0 Å². The minimum Gasteiger partial charge on any atom is -0.486 e. The average Bonchev–Trinajstić information content (AvgIpc) is 2.54. The number of carbonyl (C=O) groups excluding carboxylic acids is 1. The Balaban J connectivity index is 2.05. The van der Waals surface area contributed by atoms with Crippen molar-refractivity contribution in [2.75, 3.05) is 0 Å². The Kier molecular flexibility index (Phi) is 5.64. The lowest BCUT2D eigenvalue weighted by molar-refractivity contribution is -0.172. The zero-order chi connectivity index (χ0) is 17.0. The Labute approximate surface area is 141 Å². The monoisotopic (exact) mass is 333 g/mol. The smallest absolute Gasteiger partial charge is 0.243 e. The highest BCUT2D eigenvalue weighted by Gasteiger charge is 2.16. The molecule has 23 heavy (non-hydrogen) atoms. The van der Waals surface area contributed by atoms with Crippen molar-refractivity contribution in [1.29, 1.82) is 0 Å². The van der Waals surface area contributed by atoms with Crippen LogP contribution in [-0.4, -0.2) is 16.2 Å². The molecule has 0 saturated carbocycles. The van der Waals surface area contributed by atoms with Gasteiger partial charge in [0.05, 0.1) is 6.04 Å². The highest BCUT2D eigenvalue weighted by atomic mass is 35.5. The zero-order valence-corrected chi connectivity index (χ0v) is 14.1. The van der Waals surface area contributed by atoms with E-state index in [1.807, 2.05) is 55.5 Å². The molecule has 2 atom stereocenters. The fourth-order valence-electron chi connectivity index (χ4n) is 2.24. The number of ether oxygens (including phenoxy) is 1. The summed E-state index contributed by atoms with van der Waals surface area (Å²) in [5.74, 6) is 0.324. The van der Waals surface area contributed by atoms with Crippen molar-refractivity contribution in [3.63, 3.8) is 0 Å². The second-order valence-corrected chi connectivity index (χ2v) is 5.86. The van der Waals surface area contributed by atoms with Gasteiger partial charge < -0.3 is 4.74 Å². The van der Waals surface area contributed by atoms with Crippen LogP contribution in [-0.2, 0) is 4.79 Å². The van der Waals surface area contributed by atoms with E-state index in [0.717, 1.165) is 16.9 Å². The van der Waals surface area contributed by atoms with Gasteiger partial charge in [-0.25, -0.2) is 5.06 Å². The topological polar surface area (TPSA) is 49.8 Å². The standard InChI is InChI=1S/C18H20ClNO3/c1-12(20(22)14(3)21)15-6-10-18(11-7-15)23-13(2)16-4-8-17(19)9-5-16/h4-13,22H,1-3H3. The molecule has 1 N–H and O–H groups in total. The molecule has 0 aliphatic rings. The first-order valence-corrected chi connectivity index (χ1v) is 7.77. The second kappa shape index (κ2) is 7.49. The summed E-state index contributed by atoms with van der Waals surface area (Å²) in [6.45, 7) is 5.04. The van der Waals surface area contributed by atoms with Gasteiger partial charge in [0.25, 0.3) is 0 Å². The van der Waals surface area contributed by atoms with Crippen LogP contribution in [0.3, 0.4) is 0 Å². The van der Waals surface area contributed by atoms with E-state index in [-0.39, 0.29) is 6.10 Å². The van der Waals surface area contributed by atoms with Crippen molar-refractivity contribution in [2.45, 2.75) is 32.9 Å². The van der Waals surface area contributed by atoms with Crippen LogP contribution in [0.15, 0.2) is 48.5 Å². The minimum absolute atomic E-state index is 0.109. The Morgan fingerprint density at radius 2 is 1.57 bits per heavy atom. The summed E-state index contributed by atoms with van der Waals surface area (Å²) < 4.78 is 5.90. The summed E-state index contributed by atoms with van der Waals surface area (Å²) in [6.07, 6.45) is -0.109. The van der Waals surface area contributed by atoms with Crippen molar-refractivity contribution < 1.29 is 14.7 Å². The van der Waals surface area contributed by atoms with Gasteiger partial charge in [0, 0.05) is 11.9 Å². The van der Waals surface area contributed by atoms with Crippen molar-refractivity contribution in [3.05, 3.63) is 64.7 Å². The van der Waals surface area contributed by atoms with E-state index < -0.39 is 11.9 Å². The number of carbonyl (C=O) groups is 1. The molecule has 4 nitrogen and oxygen atoms in total. The molecule has 0 fully saturated rings. The van der Waals surface area contributed by atoms with E-state index >= 15 is 0 Å². The first-order chi connectivity index (χ1) is 10.9. The van der Waals surface area contributed by atoms with E-state index in [0.29, 0.717) is 10.1 Å². The fourth-order valence-corrected chi connectivity index (χ4v) is 2.37. The van der Waals surface area contributed by atoms with Crippen LogP contribution in [0.5, 0.6) is 5.75 Å². The fraction of sp³-hybridized carbons (Fsp3) is 0.278. The zero-order valence-electron chi connectivity index (χ0n) is 13.4. The number of nitrogens with zero attached hydrogens (tertiary/aromatic N) is 1. The molecule has 0 heterocycles. The van der Waals surface area contributed by atoms with E-state index in [1.165, 1.54) is 6.92 Å². The summed E-state index contributed by atoms with van der Waals surface area (Å²) in [5.41, 5.74) is 1.86. The Morgan fingerprint density at radius 3 is 2.09 bits per heavy atom. The van der Waals surface area contributed by atoms with E-state index in [1.54, 1.807) is 6.92 Å². The molecule has 0 bridgehead atoms. The van der Waals surface area contributed by atoms with Crippen LogP contribution in [0.1, 0.15) is 44.0 Å². The van der Waals surface area contributed by atoms with Crippen LogP contribution in [0.4, 0.5) is 0 Å². The molecule has 122 valence electrons. The van der Waals surface area contributed by atoms with Gasteiger partial charge in [-0.1, -0.05) is 35.9 Å². The number of hydrogen-bond donors (Lipinski definition) is 1. The Bertz CT molecular complexity index is 655. The van der Waals surface area contributed by atoms with Crippen molar-refractivity contribution in [1.82, 2.24) is 5.06 Å². The maximum absolute atomic E-state index is 11.2. The molecule has 0 radical (unpaired) electrons. The van der Waals surface area contributed by atoms with Gasteiger partial charge >= 0.3 is 0 Å². The van der Waals surface area contributed by atoms with Crippen LogP contribution < -0.4 is 4.74 Å². The summed E-state index contributed by atoms with van der Waals surface area (Å²) in [5, 5.41) is 11.1. The first kappa shape index (κ1) is 17.3. The Morgan fingerprint density at radius 1 is 1.04 bits per heavy atom. The molecule has 0 saturated heterocycles. The first-order valence-electron chi connectivity index (χ1n) is 7.39. The summed E-state index contributed by atoms with van der Waals surface area (Å²) in [6, 6.07) is 14.4. The normalized spacial score (nSPS) is 13.3. The van der Waals surface area contributed by atoms with Gasteiger partial charge in [0.15, 0.2) is 0 Å². The molecule has 2 aromatic rings. The number of rotatable bonds is 5. The molecule has 0 aromatic heterocycles. The van der Waals surface area contributed by atoms with E-state index in [4.69, 9.17) is 16.3 Å². The number of hydrogen-bond acceptors (Lipinski definition) is 3. The third-order valence-electron chi connectivity index (χ3n) is 3.70. The largest absolute Gasteiger partial charge is 0.486 e. The molecule has 2 rings (SSSR count). The third kappa shape index (κ3) is 4.47. The van der Waals surface area contributed by atoms with Gasteiger partial charge in [-0.15, -0.1) is 0 Å². The molecule has 2 aromatic carbocycles. The SMILES string of the molecule is CC(=O)N(O)C(C)c1ccc(OC(C)c2ccc(Cl)cc2)cc1. The second-order valence-electron chi connectivity index (χ2n) is 5.42. The van der Waals surface area contributed by atoms with Gasteiger partial charge in [-0.2, -0.15) is 0 Å². The summed E-state index contributed by atoms with van der Waals surface area (Å²) in [7, 11) is 0. The molecule has 0 spiro atoms. The van der Waals surface area contributed by atoms with Gasteiger partial charge in [0.1, 0.15) is 11.9 Å². The lowest BCUT2D eigenvalue weighted by Gasteiger charge is -2.22. The molecule has 5 heteroatoms. The number of amides is 1. The van der Waals surface area contributed by atoms with Crippen molar-refractivity contribution >= 4 is 17.5 Å². The molecule has 2 unspecified atom stereocenters. The van der Waals surface area contributed by atoms with Gasteiger partial charge in [-0.3, -0.25) is 10.0 Å². The number of benzene rings is 2. The highest BCUT2D eigenvalue weighted by molar-refractivity contribution is 6.30. The maximum Gasteiger partial charge on any atom is 0.243 e. The van der Waals surface area contributed by atoms with Crippen LogP contribution in [0.2, 0.25) is 5.02 Å². The predicted molar refractivity (Wildman–Crippen MR) is 89.7 cm³/mol. The number of hydroxylamine groups is 2. The number of halogens is 1. The molecular weight excluding hydrogens is 314 g/mol. The minimum atomic E-state index is -0.407. The lowest BCUT2D eigenvalue weighted by atomic mass is 10.1. The average molecular weight is 334 g/mol.